The van der Waals surface area contributed by atoms with Crippen LogP contribution in [0, 0.1) is 10.1 Å². The predicted molar refractivity (Wildman–Crippen MR) is 58.5 cm³/mol. The van der Waals surface area contributed by atoms with E-state index in [-0.39, 0.29) is 23.2 Å². The van der Waals surface area contributed by atoms with Crippen molar-refractivity contribution in [2.24, 2.45) is 0 Å². The molecule has 88 valence electrons. The molecular weight excluding hydrogens is 236 g/mol. The first kappa shape index (κ1) is 12.6. The molecule has 1 heterocycles. The number of anilines is 1. The lowest BCUT2D eigenvalue weighted by atomic mass is 10.3. The van der Waals surface area contributed by atoms with Crippen molar-refractivity contribution >= 4 is 23.1 Å². The second-order valence-corrected chi connectivity index (χ2v) is 3.42. The van der Waals surface area contributed by atoms with Gasteiger partial charge in [-0.1, -0.05) is 18.5 Å². The molecule has 1 aromatic rings. The van der Waals surface area contributed by atoms with Crippen molar-refractivity contribution in [3.8, 4) is 0 Å². The summed E-state index contributed by atoms with van der Waals surface area (Å²) in [6, 6.07) is 0. The molecule has 2 N–H and O–H groups in total. The van der Waals surface area contributed by atoms with E-state index in [0.29, 0.717) is 6.42 Å². The van der Waals surface area contributed by atoms with Crippen molar-refractivity contribution in [1.82, 2.24) is 9.97 Å². The standard InChI is InChI=1S/C8H11ClN4O3/c1-2-5(14)3-10-8-6(13(15)16)7(9)11-4-12-8/h4-5,14H,2-3H2,1H3,(H,10,11,12). The molecule has 0 radical (unpaired) electrons. The third kappa shape index (κ3) is 3.01. The fraction of sp³-hybridized carbons (Fsp3) is 0.500. The highest BCUT2D eigenvalue weighted by molar-refractivity contribution is 6.31. The van der Waals surface area contributed by atoms with Gasteiger partial charge < -0.3 is 10.4 Å². The van der Waals surface area contributed by atoms with Crippen LogP contribution in [-0.4, -0.2) is 32.6 Å². The number of nitrogens with zero attached hydrogens (tertiary/aromatic N) is 3. The zero-order chi connectivity index (χ0) is 12.1. The van der Waals surface area contributed by atoms with Gasteiger partial charge in [-0.2, -0.15) is 0 Å². The first-order valence-electron chi connectivity index (χ1n) is 4.63. The Kier molecular flexibility index (Phi) is 4.39. The molecule has 0 amide bonds. The molecular formula is C8H11ClN4O3. The number of aromatic nitrogens is 2. The number of aliphatic hydroxyl groups excluding tert-OH is 1. The second kappa shape index (κ2) is 5.57. The van der Waals surface area contributed by atoms with Gasteiger partial charge in [0.15, 0.2) is 0 Å². The van der Waals surface area contributed by atoms with Crippen LogP contribution in [0.2, 0.25) is 5.15 Å². The number of nitro groups is 1. The van der Waals surface area contributed by atoms with Crippen LogP contribution < -0.4 is 5.32 Å². The Labute approximate surface area is 96.6 Å². The molecule has 1 aromatic heterocycles. The molecule has 1 atom stereocenters. The smallest absolute Gasteiger partial charge is 0.348 e. The third-order valence-corrected chi connectivity index (χ3v) is 2.21. The van der Waals surface area contributed by atoms with Crippen molar-refractivity contribution in [3.63, 3.8) is 0 Å². The summed E-state index contributed by atoms with van der Waals surface area (Å²) in [6.45, 7) is 1.97. The number of aliphatic hydroxyl groups is 1. The largest absolute Gasteiger partial charge is 0.391 e. The molecule has 1 rings (SSSR count). The van der Waals surface area contributed by atoms with Crippen LogP contribution in [0.5, 0.6) is 0 Å². The number of hydrogen-bond acceptors (Lipinski definition) is 6. The lowest BCUT2D eigenvalue weighted by molar-refractivity contribution is -0.384. The van der Waals surface area contributed by atoms with Crippen LogP contribution in [-0.2, 0) is 0 Å². The van der Waals surface area contributed by atoms with Crippen molar-refractivity contribution in [1.29, 1.82) is 0 Å². The molecule has 0 bridgehead atoms. The van der Waals surface area contributed by atoms with E-state index in [0.717, 1.165) is 6.33 Å². The van der Waals surface area contributed by atoms with Crippen molar-refractivity contribution < 1.29 is 10.0 Å². The minimum absolute atomic E-state index is 0.0116. The maximum Gasteiger partial charge on any atom is 0.348 e. The average molecular weight is 247 g/mol. The van der Waals surface area contributed by atoms with Crippen LogP contribution in [0.15, 0.2) is 6.33 Å². The maximum atomic E-state index is 10.7. The van der Waals surface area contributed by atoms with Gasteiger partial charge in [0.1, 0.15) is 6.33 Å². The number of rotatable bonds is 5. The monoisotopic (exact) mass is 246 g/mol. The molecule has 0 aliphatic rings. The van der Waals surface area contributed by atoms with E-state index in [1.54, 1.807) is 6.92 Å². The lowest BCUT2D eigenvalue weighted by Crippen LogP contribution is -2.19. The van der Waals surface area contributed by atoms with Gasteiger partial charge in [0, 0.05) is 6.54 Å². The fourth-order valence-corrected chi connectivity index (χ4v) is 1.21. The molecule has 8 heteroatoms. The Morgan fingerprint density at radius 3 is 2.94 bits per heavy atom. The SMILES string of the molecule is CCC(O)CNc1ncnc(Cl)c1[N+](=O)[O-]. The van der Waals surface area contributed by atoms with E-state index in [2.05, 4.69) is 15.3 Å². The zero-order valence-electron chi connectivity index (χ0n) is 8.55. The van der Waals surface area contributed by atoms with Gasteiger partial charge in [0.05, 0.1) is 11.0 Å². The lowest BCUT2D eigenvalue weighted by Gasteiger charge is -2.09. The van der Waals surface area contributed by atoms with Gasteiger partial charge in [-0.05, 0) is 6.42 Å². The molecule has 0 aliphatic heterocycles. The number of halogens is 1. The van der Waals surface area contributed by atoms with Crippen LogP contribution in [0.1, 0.15) is 13.3 Å². The highest BCUT2D eigenvalue weighted by atomic mass is 35.5. The number of nitrogens with one attached hydrogen (secondary N) is 1. The average Bonchev–Trinajstić information content (AvgIpc) is 2.25. The van der Waals surface area contributed by atoms with Gasteiger partial charge in [-0.15, -0.1) is 0 Å². The Bertz CT molecular complexity index is 388. The minimum Gasteiger partial charge on any atom is -0.391 e. The van der Waals surface area contributed by atoms with Crippen LogP contribution in [0.25, 0.3) is 0 Å². The molecule has 7 nitrogen and oxygen atoms in total. The highest BCUT2D eigenvalue weighted by Crippen LogP contribution is 2.28. The zero-order valence-corrected chi connectivity index (χ0v) is 9.31. The minimum atomic E-state index is -0.664. The van der Waals surface area contributed by atoms with E-state index in [1.165, 1.54) is 0 Å². The first-order chi connectivity index (χ1) is 7.56. The van der Waals surface area contributed by atoms with Gasteiger partial charge in [-0.3, -0.25) is 10.1 Å². The topological polar surface area (TPSA) is 101 Å². The Hall–Kier alpha value is -1.47. The quantitative estimate of drug-likeness (QED) is 0.460. The normalized spacial score (nSPS) is 12.2. The predicted octanol–water partition coefficient (Wildman–Crippen LogP) is 1.22. The number of hydrogen-bond donors (Lipinski definition) is 2. The summed E-state index contributed by atoms with van der Waals surface area (Å²) in [5, 5.41) is 22.4. The Balaban J connectivity index is 2.87. The molecule has 0 spiro atoms. The summed E-state index contributed by atoms with van der Waals surface area (Å²) in [6.07, 6.45) is 1.07. The molecule has 1 unspecified atom stereocenters. The van der Waals surface area contributed by atoms with Gasteiger partial charge in [0.2, 0.25) is 11.0 Å². The van der Waals surface area contributed by atoms with Gasteiger partial charge in [-0.25, -0.2) is 9.97 Å². The van der Waals surface area contributed by atoms with Gasteiger partial charge in [0.25, 0.3) is 0 Å². The van der Waals surface area contributed by atoms with E-state index in [9.17, 15) is 15.2 Å². The van der Waals surface area contributed by atoms with E-state index < -0.39 is 11.0 Å². The van der Waals surface area contributed by atoms with Crippen LogP contribution in [0.3, 0.4) is 0 Å². The Morgan fingerprint density at radius 1 is 1.69 bits per heavy atom. The molecule has 0 aliphatic carbocycles. The second-order valence-electron chi connectivity index (χ2n) is 3.06. The molecule has 0 saturated carbocycles. The molecule has 0 saturated heterocycles. The summed E-state index contributed by atoms with van der Waals surface area (Å²) < 4.78 is 0. The summed E-state index contributed by atoms with van der Waals surface area (Å²) in [5.41, 5.74) is -0.382. The highest BCUT2D eigenvalue weighted by Gasteiger charge is 2.21. The molecule has 0 aromatic carbocycles. The summed E-state index contributed by atoms with van der Waals surface area (Å²) in [5.74, 6) is 0.0116. The van der Waals surface area contributed by atoms with Crippen molar-refractivity contribution in [3.05, 3.63) is 21.6 Å². The fourth-order valence-electron chi connectivity index (χ4n) is 1.01. The summed E-state index contributed by atoms with van der Waals surface area (Å²) >= 11 is 5.58. The van der Waals surface area contributed by atoms with Crippen LogP contribution in [0.4, 0.5) is 11.5 Å². The maximum absolute atomic E-state index is 10.7. The van der Waals surface area contributed by atoms with Gasteiger partial charge >= 0.3 is 5.69 Å². The van der Waals surface area contributed by atoms with Crippen molar-refractivity contribution in [2.75, 3.05) is 11.9 Å². The summed E-state index contributed by atoms with van der Waals surface area (Å²) in [7, 11) is 0. The van der Waals surface area contributed by atoms with Crippen LogP contribution >= 0.6 is 11.6 Å². The molecule has 16 heavy (non-hydrogen) atoms. The van der Waals surface area contributed by atoms with E-state index in [1.807, 2.05) is 0 Å². The van der Waals surface area contributed by atoms with E-state index >= 15 is 0 Å². The molecule has 0 fully saturated rings. The Morgan fingerprint density at radius 2 is 2.38 bits per heavy atom. The summed E-state index contributed by atoms with van der Waals surface area (Å²) in [4.78, 5) is 17.3. The first-order valence-corrected chi connectivity index (χ1v) is 5.00. The van der Waals surface area contributed by atoms with E-state index in [4.69, 9.17) is 11.6 Å². The third-order valence-electron chi connectivity index (χ3n) is 1.94. The van der Waals surface area contributed by atoms with Crippen molar-refractivity contribution in [2.45, 2.75) is 19.4 Å².